The first kappa shape index (κ1) is 22.8. The lowest BCUT2D eigenvalue weighted by atomic mass is 10.0. The van der Waals surface area contributed by atoms with E-state index in [-0.39, 0.29) is 18.8 Å². The van der Waals surface area contributed by atoms with Crippen LogP contribution in [0.5, 0.6) is 5.75 Å². The van der Waals surface area contributed by atoms with Gasteiger partial charge in [0, 0.05) is 26.6 Å². The lowest BCUT2D eigenvalue weighted by Gasteiger charge is -2.27. The Balaban J connectivity index is 2.12. The van der Waals surface area contributed by atoms with Crippen molar-refractivity contribution in [3.05, 3.63) is 65.7 Å². The van der Waals surface area contributed by atoms with Crippen LogP contribution < -0.4 is 4.74 Å². The van der Waals surface area contributed by atoms with E-state index in [1.807, 2.05) is 75.4 Å². The second-order valence-electron chi connectivity index (χ2n) is 8.14. The third-order valence-electron chi connectivity index (χ3n) is 4.45. The van der Waals surface area contributed by atoms with Gasteiger partial charge < -0.3 is 19.5 Å². The van der Waals surface area contributed by atoms with Gasteiger partial charge in [0.1, 0.15) is 17.5 Å². The number of ether oxygens (including phenoxy) is 2. The molecule has 0 fully saturated rings. The minimum atomic E-state index is -0.522. The molecule has 0 radical (unpaired) electrons. The molecular formula is C24H33NO4. The molecule has 0 heterocycles. The summed E-state index contributed by atoms with van der Waals surface area (Å²) in [7, 11) is 1.74. The third kappa shape index (κ3) is 7.78. The Morgan fingerprint density at radius 2 is 1.72 bits per heavy atom. The molecule has 0 unspecified atom stereocenters. The molecule has 2 rings (SSSR count). The molecule has 0 bridgehead atoms. The highest BCUT2D eigenvalue weighted by atomic mass is 16.6. The Morgan fingerprint density at radius 3 is 2.38 bits per heavy atom. The molecule has 0 aliphatic carbocycles. The zero-order valence-electron chi connectivity index (χ0n) is 17.9. The monoisotopic (exact) mass is 399 g/mol. The Bertz CT molecular complexity index is 755. The molecule has 158 valence electrons. The molecule has 0 aliphatic rings. The van der Waals surface area contributed by atoms with E-state index in [0.29, 0.717) is 19.4 Å². The maximum absolute atomic E-state index is 12.3. The fraction of sp³-hybridized carbons (Fsp3) is 0.458. The molecule has 5 heteroatoms. The van der Waals surface area contributed by atoms with Crippen LogP contribution >= 0.6 is 0 Å². The van der Waals surface area contributed by atoms with Crippen LogP contribution in [0.15, 0.2) is 54.6 Å². The molecule has 29 heavy (non-hydrogen) atoms. The summed E-state index contributed by atoms with van der Waals surface area (Å²) >= 11 is 0. The first-order valence-corrected chi connectivity index (χ1v) is 10.1. The fourth-order valence-electron chi connectivity index (χ4n) is 2.95. The van der Waals surface area contributed by atoms with E-state index in [4.69, 9.17) is 14.6 Å². The second-order valence-corrected chi connectivity index (χ2v) is 8.14. The Labute approximate surface area is 174 Å². The number of rotatable bonds is 9. The highest BCUT2D eigenvalue weighted by Gasteiger charge is 2.22. The molecule has 1 amide bonds. The van der Waals surface area contributed by atoms with Gasteiger partial charge in [-0.3, -0.25) is 0 Å². The molecule has 2 aromatic rings. The quantitative estimate of drug-likeness (QED) is 0.645. The smallest absolute Gasteiger partial charge is 0.410 e. The zero-order chi connectivity index (χ0) is 21.3. The van der Waals surface area contributed by atoms with E-state index < -0.39 is 5.60 Å². The van der Waals surface area contributed by atoms with Gasteiger partial charge >= 0.3 is 6.09 Å². The van der Waals surface area contributed by atoms with Gasteiger partial charge in [-0.2, -0.15) is 0 Å². The first-order chi connectivity index (χ1) is 13.8. The number of amides is 1. The fourth-order valence-corrected chi connectivity index (χ4v) is 2.95. The van der Waals surface area contributed by atoms with E-state index in [2.05, 4.69) is 0 Å². The van der Waals surface area contributed by atoms with E-state index in [0.717, 1.165) is 23.3 Å². The molecule has 1 N–H and O–H groups in total. The van der Waals surface area contributed by atoms with Gasteiger partial charge in [0.15, 0.2) is 0 Å². The average molecular weight is 400 g/mol. The van der Waals surface area contributed by atoms with Crippen LogP contribution in [-0.2, 0) is 11.2 Å². The highest BCUT2D eigenvalue weighted by Crippen LogP contribution is 2.28. The SMILES string of the molecule is CN(CC[C@@H](Oc1ccccc1CCCO)c1ccccc1)C(=O)OC(C)(C)C. The summed E-state index contributed by atoms with van der Waals surface area (Å²) in [5.74, 6) is 0.815. The van der Waals surface area contributed by atoms with Crippen molar-refractivity contribution in [1.29, 1.82) is 0 Å². The number of nitrogens with zero attached hydrogens (tertiary/aromatic N) is 1. The van der Waals surface area contributed by atoms with Gasteiger partial charge in [-0.25, -0.2) is 4.79 Å². The summed E-state index contributed by atoms with van der Waals surface area (Å²) in [4.78, 5) is 13.9. The summed E-state index contributed by atoms with van der Waals surface area (Å²) in [6, 6.07) is 17.9. The van der Waals surface area contributed by atoms with Crippen LogP contribution in [0.1, 0.15) is 50.8 Å². The van der Waals surface area contributed by atoms with Gasteiger partial charge in [0.25, 0.3) is 0 Å². The number of aliphatic hydroxyl groups excluding tert-OH is 1. The normalized spacial score (nSPS) is 12.3. The van der Waals surface area contributed by atoms with E-state index in [1.54, 1.807) is 11.9 Å². The van der Waals surface area contributed by atoms with Gasteiger partial charge in [-0.05, 0) is 50.8 Å². The highest BCUT2D eigenvalue weighted by molar-refractivity contribution is 5.67. The standard InChI is InChI=1S/C24H33NO4/c1-24(2,3)29-23(27)25(4)17-16-22(19-11-6-5-7-12-19)28-21-15-9-8-13-20(21)14-10-18-26/h5-9,11-13,15,22,26H,10,14,16-18H2,1-4H3/t22-/m1/s1. The minimum absolute atomic E-state index is 0.150. The zero-order valence-corrected chi connectivity index (χ0v) is 17.9. The van der Waals surface area contributed by atoms with Crippen LogP contribution in [0.2, 0.25) is 0 Å². The number of aryl methyl sites for hydroxylation is 1. The summed E-state index contributed by atoms with van der Waals surface area (Å²) in [6.45, 7) is 6.23. The largest absolute Gasteiger partial charge is 0.485 e. The van der Waals surface area contributed by atoms with Crippen molar-refractivity contribution in [2.24, 2.45) is 0 Å². The summed E-state index contributed by atoms with van der Waals surface area (Å²) in [6.07, 6.45) is 1.54. The molecule has 0 spiro atoms. The van der Waals surface area contributed by atoms with Gasteiger partial charge in [0.05, 0.1) is 0 Å². The van der Waals surface area contributed by atoms with Crippen molar-refractivity contribution in [3.63, 3.8) is 0 Å². The van der Waals surface area contributed by atoms with Gasteiger partial charge in [-0.15, -0.1) is 0 Å². The van der Waals surface area contributed by atoms with Crippen molar-refractivity contribution < 1.29 is 19.4 Å². The predicted octanol–water partition coefficient (Wildman–Crippen LogP) is 4.99. The average Bonchev–Trinajstić information content (AvgIpc) is 2.69. The van der Waals surface area contributed by atoms with E-state index in [1.165, 1.54) is 0 Å². The number of hydrogen-bond acceptors (Lipinski definition) is 4. The third-order valence-corrected chi connectivity index (χ3v) is 4.45. The number of carbonyl (C=O) groups excluding carboxylic acids is 1. The van der Waals surface area contributed by atoms with Crippen LogP contribution in [0.4, 0.5) is 4.79 Å². The maximum atomic E-state index is 12.3. The van der Waals surface area contributed by atoms with Gasteiger partial charge in [0.2, 0.25) is 0 Å². The molecule has 0 saturated heterocycles. The summed E-state index contributed by atoms with van der Waals surface area (Å²) in [5, 5.41) is 9.17. The van der Waals surface area contributed by atoms with Crippen LogP contribution in [0.3, 0.4) is 0 Å². The van der Waals surface area contributed by atoms with Crippen LogP contribution in [0.25, 0.3) is 0 Å². The van der Waals surface area contributed by atoms with Gasteiger partial charge in [-0.1, -0.05) is 48.5 Å². The Kier molecular flexibility index (Phi) is 8.52. The van der Waals surface area contributed by atoms with Crippen molar-refractivity contribution in [3.8, 4) is 5.75 Å². The number of benzene rings is 2. The molecule has 0 aliphatic heterocycles. The summed E-state index contributed by atoms with van der Waals surface area (Å²) in [5.41, 5.74) is 1.61. The number of aliphatic hydroxyl groups is 1. The second kappa shape index (κ2) is 10.9. The molecule has 2 aromatic carbocycles. The molecule has 5 nitrogen and oxygen atoms in total. The summed E-state index contributed by atoms with van der Waals surface area (Å²) < 4.78 is 11.8. The minimum Gasteiger partial charge on any atom is -0.485 e. The van der Waals surface area contributed by atoms with E-state index >= 15 is 0 Å². The first-order valence-electron chi connectivity index (χ1n) is 10.1. The molecule has 0 saturated carbocycles. The number of carbonyl (C=O) groups is 1. The van der Waals surface area contributed by atoms with Crippen molar-refractivity contribution in [2.75, 3.05) is 20.2 Å². The van der Waals surface area contributed by atoms with Crippen molar-refractivity contribution in [1.82, 2.24) is 4.90 Å². The molecule has 1 atom stereocenters. The molecule has 0 aromatic heterocycles. The lowest BCUT2D eigenvalue weighted by Crippen LogP contribution is -2.35. The van der Waals surface area contributed by atoms with Crippen molar-refractivity contribution in [2.45, 2.75) is 51.7 Å². The Hall–Kier alpha value is -2.53. The molecular weight excluding hydrogens is 366 g/mol. The number of para-hydroxylation sites is 1. The van der Waals surface area contributed by atoms with Crippen molar-refractivity contribution >= 4 is 6.09 Å². The topological polar surface area (TPSA) is 59.0 Å². The maximum Gasteiger partial charge on any atom is 0.410 e. The Morgan fingerprint density at radius 1 is 1.07 bits per heavy atom. The number of hydrogen-bond donors (Lipinski definition) is 1. The van der Waals surface area contributed by atoms with Crippen LogP contribution in [-0.4, -0.2) is 41.9 Å². The predicted molar refractivity (Wildman–Crippen MR) is 115 cm³/mol. The lowest BCUT2D eigenvalue weighted by molar-refractivity contribution is 0.0278. The van der Waals surface area contributed by atoms with Crippen LogP contribution in [0, 0.1) is 0 Å². The van der Waals surface area contributed by atoms with E-state index in [9.17, 15) is 4.79 Å².